The van der Waals surface area contributed by atoms with Crippen LogP contribution in [0.4, 0.5) is 4.39 Å². The van der Waals surface area contributed by atoms with Gasteiger partial charge < -0.3 is 15.0 Å². The minimum Gasteiger partial charge on any atom is -0.491 e. The highest BCUT2D eigenvalue weighted by atomic mass is 19.1. The number of carbonyl (C=O) groups is 1. The molecule has 0 spiro atoms. The summed E-state index contributed by atoms with van der Waals surface area (Å²) >= 11 is 0. The average molecular weight is 424 g/mol. The van der Waals surface area contributed by atoms with Crippen molar-refractivity contribution in [2.45, 2.75) is 45.8 Å². The summed E-state index contributed by atoms with van der Waals surface area (Å²) in [5.74, 6) is 0.469. The van der Waals surface area contributed by atoms with E-state index in [0.717, 1.165) is 12.0 Å². The first kappa shape index (κ1) is 22.1. The van der Waals surface area contributed by atoms with E-state index in [-0.39, 0.29) is 48.5 Å². The van der Waals surface area contributed by atoms with Crippen molar-refractivity contribution in [2.75, 3.05) is 0 Å². The van der Waals surface area contributed by atoms with Gasteiger partial charge in [0.25, 0.3) is 5.56 Å². The summed E-state index contributed by atoms with van der Waals surface area (Å²) in [6.07, 6.45) is 1.22. The molecule has 0 aliphatic rings. The second-order valence-electron chi connectivity index (χ2n) is 7.22. The normalized spacial score (nSPS) is 11.7. The predicted octanol–water partition coefficient (Wildman–Crippen LogP) is 3.40. The van der Waals surface area contributed by atoms with Gasteiger partial charge in [-0.1, -0.05) is 31.2 Å². The third-order valence-electron chi connectivity index (χ3n) is 4.78. The molecule has 0 saturated heterocycles. The van der Waals surface area contributed by atoms with Gasteiger partial charge in [0.15, 0.2) is 5.82 Å². The van der Waals surface area contributed by atoms with Gasteiger partial charge in [-0.05, 0) is 43.2 Å². The van der Waals surface area contributed by atoms with Gasteiger partial charge in [0.05, 0.1) is 6.10 Å². The first-order valence-electron chi connectivity index (χ1n) is 10.2. The number of rotatable bonds is 9. The number of nitrogens with zero attached hydrogens (tertiary/aromatic N) is 2. The Kier molecular flexibility index (Phi) is 7.48. The molecular formula is C23H25FN4O3. The summed E-state index contributed by atoms with van der Waals surface area (Å²) < 4.78 is 18.7. The molecule has 7 nitrogen and oxygen atoms in total. The molecule has 0 saturated carbocycles. The second kappa shape index (κ2) is 10.5. The van der Waals surface area contributed by atoms with Crippen molar-refractivity contribution >= 4 is 5.91 Å². The largest absolute Gasteiger partial charge is 0.491 e. The van der Waals surface area contributed by atoms with Gasteiger partial charge in [-0.2, -0.15) is 0 Å². The van der Waals surface area contributed by atoms with Crippen LogP contribution in [0.2, 0.25) is 0 Å². The fourth-order valence-corrected chi connectivity index (χ4v) is 2.81. The molecule has 1 aromatic heterocycles. The van der Waals surface area contributed by atoms with Crippen molar-refractivity contribution in [2.24, 2.45) is 0 Å². The van der Waals surface area contributed by atoms with Crippen LogP contribution in [0.25, 0.3) is 11.4 Å². The molecule has 0 fully saturated rings. The maximum Gasteiger partial charge on any atom is 0.273 e. The standard InChI is InChI=1S/C23H25FN4O3/c1-3-15(2)31-19-6-4-5-17(13-19)22-26-23(30)20(27-28-22)11-12-21(29)25-14-16-7-9-18(24)10-8-16/h4-10,13,15H,3,11-12,14H2,1-2H3,(H,25,29)(H,26,28,30)/t15-/m1/s1. The quantitative estimate of drug-likeness (QED) is 0.549. The van der Waals surface area contributed by atoms with E-state index in [9.17, 15) is 14.0 Å². The molecule has 1 amide bonds. The van der Waals surface area contributed by atoms with Crippen LogP contribution in [0.1, 0.15) is 37.9 Å². The Balaban J connectivity index is 1.58. The number of aryl methyl sites for hydroxylation is 1. The molecule has 162 valence electrons. The zero-order chi connectivity index (χ0) is 22.2. The fraction of sp³-hybridized carbons (Fsp3) is 0.304. The van der Waals surface area contributed by atoms with Crippen LogP contribution in [0.3, 0.4) is 0 Å². The first-order chi connectivity index (χ1) is 14.9. The summed E-state index contributed by atoms with van der Waals surface area (Å²) in [6.45, 7) is 4.31. The molecule has 2 N–H and O–H groups in total. The number of hydrogen-bond acceptors (Lipinski definition) is 5. The summed E-state index contributed by atoms with van der Waals surface area (Å²) in [7, 11) is 0. The SMILES string of the molecule is CC[C@@H](C)Oc1cccc(-c2nnc(CCC(=O)NCc3ccc(F)cc3)c(=O)[nH]2)c1. The van der Waals surface area contributed by atoms with E-state index >= 15 is 0 Å². The van der Waals surface area contributed by atoms with E-state index in [2.05, 4.69) is 20.5 Å². The number of aromatic nitrogens is 3. The van der Waals surface area contributed by atoms with Crippen LogP contribution in [-0.2, 0) is 17.8 Å². The monoisotopic (exact) mass is 424 g/mol. The molecule has 8 heteroatoms. The Morgan fingerprint density at radius 1 is 1.19 bits per heavy atom. The number of benzene rings is 2. The van der Waals surface area contributed by atoms with Gasteiger partial charge in [-0.3, -0.25) is 9.59 Å². The molecule has 0 radical (unpaired) electrons. The molecular weight excluding hydrogens is 399 g/mol. The smallest absolute Gasteiger partial charge is 0.273 e. The number of nitrogens with one attached hydrogen (secondary N) is 2. The highest BCUT2D eigenvalue weighted by Crippen LogP contribution is 2.21. The Morgan fingerprint density at radius 2 is 1.97 bits per heavy atom. The second-order valence-corrected chi connectivity index (χ2v) is 7.22. The highest BCUT2D eigenvalue weighted by molar-refractivity contribution is 5.76. The van der Waals surface area contributed by atoms with E-state index in [0.29, 0.717) is 17.1 Å². The number of aromatic amines is 1. The summed E-state index contributed by atoms with van der Waals surface area (Å²) in [5, 5.41) is 10.8. The van der Waals surface area contributed by atoms with Crippen LogP contribution < -0.4 is 15.6 Å². The van der Waals surface area contributed by atoms with E-state index in [1.54, 1.807) is 18.2 Å². The minimum atomic E-state index is -0.385. The van der Waals surface area contributed by atoms with E-state index in [4.69, 9.17) is 4.74 Å². The first-order valence-corrected chi connectivity index (χ1v) is 10.2. The highest BCUT2D eigenvalue weighted by Gasteiger charge is 2.11. The zero-order valence-electron chi connectivity index (χ0n) is 17.5. The topological polar surface area (TPSA) is 97.0 Å². The number of hydrogen-bond donors (Lipinski definition) is 2. The van der Waals surface area contributed by atoms with E-state index in [1.807, 2.05) is 32.0 Å². The van der Waals surface area contributed by atoms with Crippen molar-refractivity contribution in [1.29, 1.82) is 0 Å². The lowest BCUT2D eigenvalue weighted by Crippen LogP contribution is -2.25. The lowest BCUT2D eigenvalue weighted by Gasteiger charge is -2.13. The summed E-state index contributed by atoms with van der Waals surface area (Å²) in [6, 6.07) is 13.2. The molecule has 0 unspecified atom stereocenters. The molecule has 2 aromatic carbocycles. The maximum atomic E-state index is 12.9. The molecule has 1 heterocycles. The summed E-state index contributed by atoms with van der Waals surface area (Å²) in [5.41, 5.74) is 1.28. The van der Waals surface area contributed by atoms with Crippen LogP contribution in [0, 0.1) is 5.82 Å². The van der Waals surface area contributed by atoms with Crippen molar-refractivity contribution in [3.63, 3.8) is 0 Å². The van der Waals surface area contributed by atoms with Gasteiger partial charge in [-0.25, -0.2) is 4.39 Å². The number of halogens is 1. The Labute approximate surface area is 179 Å². The van der Waals surface area contributed by atoms with Crippen LogP contribution >= 0.6 is 0 Å². The van der Waals surface area contributed by atoms with Gasteiger partial charge in [0, 0.05) is 24.9 Å². The van der Waals surface area contributed by atoms with Crippen LogP contribution in [-0.4, -0.2) is 27.2 Å². The Hall–Kier alpha value is -3.55. The lowest BCUT2D eigenvalue weighted by atomic mass is 10.2. The van der Waals surface area contributed by atoms with Crippen molar-refractivity contribution in [3.05, 3.63) is 76.0 Å². The molecule has 3 aromatic rings. The Morgan fingerprint density at radius 3 is 2.68 bits per heavy atom. The third-order valence-corrected chi connectivity index (χ3v) is 4.78. The molecule has 1 atom stereocenters. The van der Waals surface area contributed by atoms with Crippen molar-refractivity contribution in [3.8, 4) is 17.1 Å². The van der Waals surface area contributed by atoms with Crippen LogP contribution in [0.15, 0.2) is 53.3 Å². The molecule has 0 bridgehead atoms. The number of H-pyrrole nitrogens is 1. The Bertz CT molecular complexity index is 1080. The van der Waals surface area contributed by atoms with Gasteiger partial charge in [0.2, 0.25) is 5.91 Å². The molecule has 0 aliphatic carbocycles. The number of carbonyl (C=O) groups excluding carboxylic acids is 1. The predicted molar refractivity (Wildman–Crippen MR) is 115 cm³/mol. The number of amides is 1. The maximum absolute atomic E-state index is 12.9. The summed E-state index contributed by atoms with van der Waals surface area (Å²) in [4.78, 5) is 27.2. The third kappa shape index (κ3) is 6.47. The van der Waals surface area contributed by atoms with Gasteiger partial charge >= 0.3 is 0 Å². The fourth-order valence-electron chi connectivity index (χ4n) is 2.81. The zero-order valence-corrected chi connectivity index (χ0v) is 17.5. The lowest BCUT2D eigenvalue weighted by molar-refractivity contribution is -0.121. The van der Waals surface area contributed by atoms with E-state index < -0.39 is 0 Å². The molecule has 0 aliphatic heterocycles. The average Bonchev–Trinajstić information content (AvgIpc) is 2.78. The van der Waals surface area contributed by atoms with Crippen LogP contribution in [0.5, 0.6) is 5.75 Å². The van der Waals surface area contributed by atoms with Gasteiger partial charge in [0.1, 0.15) is 17.3 Å². The van der Waals surface area contributed by atoms with E-state index in [1.165, 1.54) is 12.1 Å². The van der Waals surface area contributed by atoms with Crippen molar-refractivity contribution in [1.82, 2.24) is 20.5 Å². The molecule has 3 rings (SSSR count). The number of ether oxygens (including phenoxy) is 1. The molecule has 31 heavy (non-hydrogen) atoms. The van der Waals surface area contributed by atoms with Gasteiger partial charge in [-0.15, -0.1) is 10.2 Å². The minimum absolute atomic E-state index is 0.0805. The van der Waals surface area contributed by atoms with Crippen molar-refractivity contribution < 1.29 is 13.9 Å².